The second-order valence-electron chi connectivity index (χ2n) is 8.09. The van der Waals surface area contributed by atoms with Gasteiger partial charge in [0.2, 0.25) is 0 Å². The maximum atomic E-state index is 5.98. The fourth-order valence-electron chi connectivity index (χ4n) is 4.06. The summed E-state index contributed by atoms with van der Waals surface area (Å²) in [6, 6.07) is 14.8. The molecule has 0 amide bonds. The molecule has 150 valence electrons. The van der Waals surface area contributed by atoms with Crippen LogP contribution in [-0.2, 0) is 19.4 Å². The molecular formula is C23H26N4OS. The molecule has 2 aliphatic heterocycles. The molecule has 29 heavy (non-hydrogen) atoms. The van der Waals surface area contributed by atoms with Crippen molar-refractivity contribution in [2.24, 2.45) is 0 Å². The number of rotatable bonds is 5. The maximum absolute atomic E-state index is 5.98. The zero-order valence-electron chi connectivity index (χ0n) is 16.7. The molecule has 2 aromatic carbocycles. The molecule has 3 heterocycles. The second-order valence-corrected chi connectivity index (χ2v) is 9.18. The van der Waals surface area contributed by atoms with Crippen LogP contribution in [0.3, 0.4) is 0 Å². The third-order valence-corrected chi connectivity index (χ3v) is 6.75. The molecule has 0 aliphatic carbocycles. The van der Waals surface area contributed by atoms with E-state index >= 15 is 0 Å². The lowest BCUT2D eigenvalue weighted by molar-refractivity contribution is 0.0388. The quantitative estimate of drug-likeness (QED) is 0.657. The number of likely N-dealkylation sites (tertiary alicyclic amines) is 1. The molecule has 5 rings (SSSR count). The minimum Gasteiger partial charge on any atom is -0.488 e. The molecule has 1 saturated heterocycles. The first-order chi connectivity index (χ1) is 14.1. The van der Waals surface area contributed by atoms with Gasteiger partial charge in [0.05, 0.1) is 0 Å². The number of ether oxygens (including phenoxy) is 1. The number of nitrogen functional groups attached to an aromatic ring is 1. The zero-order valence-corrected chi connectivity index (χ0v) is 17.5. The molecule has 0 atom stereocenters. The van der Waals surface area contributed by atoms with Gasteiger partial charge in [-0.05, 0) is 54.4 Å². The highest BCUT2D eigenvalue weighted by Gasteiger charge is 2.24. The minimum atomic E-state index is 0.333. The lowest BCUT2D eigenvalue weighted by Crippen LogP contribution is -2.51. The molecule has 2 aliphatic rings. The molecule has 6 heteroatoms. The number of fused-ring (bicyclic) bond motifs is 1. The third-order valence-electron chi connectivity index (χ3n) is 5.69. The molecule has 3 aromatic rings. The fraction of sp³-hybridized carbons (Fsp3) is 0.348. The van der Waals surface area contributed by atoms with E-state index in [1.807, 2.05) is 12.3 Å². The molecule has 0 radical (unpaired) electrons. The number of thiazole rings is 1. The van der Waals surface area contributed by atoms with Gasteiger partial charge in [-0.3, -0.25) is 4.90 Å². The van der Waals surface area contributed by atoms with Gasteiger partial charge < -0.3 is 15.4 Å². The average molecular weight is 407 g/mol. The van der Waals surface area contributed by atoms with Gasteiger partial charge >= 0.3 is 0 Å². The summed E-state index contributed by atoms with van der Waals surface area (Å²) in [7, 11) is 2.12. The Morgan fingerprint density at radius 3 is 2.76 bits per heavy atom. The normalized spacial score (nSPS) is 17.1. The molecular weight excluding hydrogens is 380 g/mol. The molecule has 0 spiro atoms. The number of likely N-dealkylation sites (N-methyl/N-ethyl adjacent to an activating group) is 1. The van der Waals surface area contributed by atoms with Crippen LogP contribution < -0.4 is 15.4 Å². The van der Waals surface area contributed by atoms with Gasteiger partial charge in [-0.15, -0.1) is 11.3 Å². The third kappa shape index (κ3) is 4.09. The summed E-state index contributed by atoms with van der Waals surface area (Å²) in [5.41, 5.74) is 10.8. The van der Waals surface area contributed by atoms with Crippen molar-refractivity contribution in [1.82, 2.24) is 9.88 Å². The highest BCUT2D eigenvalue weighted by molar-refractivity contribution is 7.15. The van der Waals surface area contributed by atoms with Gasteiger partial charge in [-0.2, -0.15) is 0 Å². The van der Waals surface area contributed by atoms with Gasteiger partial charge in [0, 0.05) is 49.4 Å². The minimum absolute atomic E-state index is 0.333. The highest BCUT2D eigenvalue weighted by Crippen LogP contribution is 2.30. The van der Waals surface area contributed by atoms with E-state index in [9.17, 15) is 0 Å². The summed E-state index contributed by atoms with van der Waals surface area (Å²) < 4.78 is 5.98. The first-order valence-corrected chi connectivity index (χ1v) is 10.9. The monoisotopic (exact) mass is 406 g/mol. The average Bonchev–Trinajstić information content (AvgIpc) is 3.16. The van der Waals surface area contributed by atoms with Gasteiger partial charge in [-0.1, -0.05) is 18.2 Å². The standard InChI is InChI=1S/C23H26N4OS/c1-26-14-21(15-26)28-20-6-2-16(3-7-20)10-22-12-25-23(29-22)27-9-8-17-4-5-19(24)11-18(17)13-27/h2-7,11-12,21H,8-10,13-15,24H2,1H3. The van der Waals surface area contributed by atoms with Crippen molar-refractivity contribution in [3.63, 3.8) is 0 Å². The summed E-state index contributed by atoms with van der Waals surface area (Å²) in [4.78, 5) is 10.6. The summed E-state index contributed by atoms with van der Waals surface area (Å²) in [6.45, 7) is 3.92. The van der Waals surface area contributed by atoms with E-state index in [4.69, 9.17) is 15.5 Å². The predicted molar refractivity (Wildman–Crippen MR) is 119 cm³/mol. The van der Waals surface area contributed by atoms with Crippen LogP contribution in [0.4, 0.5) is 10.8 Å². The van der Waals surface area contributed by atoms with Crippen LogP contribution in [-0.4, -0.2) is 42.7 Å². The van der Waals surface area contributed by atoms with Crippen molar-refractivity contribution in [2.75, 3.05) is 37.3 Å². The molecule has 0 saturated carbocycles. The van der Waals surface area contributed by atoms with Crippen molar-refractivity contribution in [1.29, 1.82) is 0 Å². The van der Waals surface area contributed by atoms with Crippen LogP contribution in [0.1, 0.15) is 21.6 Å². The summed E-state index contributed by atoms with van der Waals surface area (Å²) in [6.07, 6.45) is 4.30. The topological polar surface area (TPSA) is 54.6 Å². The lowest BCUT2D eigenvalue weighted by atomic mass is 9.99. The number of hydrogen-bond acceptors (Lipinski definition) is 6. The lowest BCUT2D eigenvalue weighted by Gasteiger charge is -2.36. The molecule has 5 nitrogen and oxygen atoms in total. The van der Waals surface area contributed by atoms with E-state index in [-0.39, 0.29) is 0 Å². The van der Waals surface area contributed by atoms with Gasteiger partial charge in [0.1, 0.15) is 11.9 Å². The van der Waals surface area contributed by atoms with E-state index in [1.54, 1.807) is 11.3 Å². The predicted octanol–water partition coefficient (Wildman–Crippen LogP) is 3.57. The van der Waals surface area contributed by atoms with Crippen LogP contribution in [0, 0.1) is 0 Å². The van der Waals surface area contributed by atoms with Gasteiger partial charge in [0.15, 0.2) is 5.13 Å². The summed E-state index contributed by atoms with van der Waals surface area (Å²) >= 11 is 1.79. The van der Waals surface area contributed by atoms with E-state index in [0.29, 0.717) is 6.10 Å². The Kier molecular flexibility index (Phi) is 4.89. The van der Waals surface area contributed by atoms with Crippen molar-refractivity contribution in [3.05, 3.63) is 70.2 Å². The second kappa shape index (κ2) is 7.69. The van der Waals surface area contributed by atoms with Crippen molar-refractivity contribution >= 4 is 22.2 Å². The van der Waals surface area contributed by atoms with Crippen molar-refractivity contribution in [3.8, 4) is 5.75 Å². The largest absolute Gasteiger partial charge is 0.488 e. The van der Waals surface area contributed by atoms with Crippen LogP contribution in [0.5, 0.6) is 5.75 Å². The van der Waals surface area contributed by atoms with E-state index in [2.05, 4.69) is 53.2 Å². The van der Waals surface area contributed by atoms with Gasteiger partial charge in [0.25, 0.3) is 0 Å². The number of benzene rings is 2. The SMILES string of the molecule is CN1CC(Oc2ccc(Cc3cnc(N4CCc5ccc(N)cc5C4)s3)cc2)C1. The van der Waals surface area contributed by atoms with Crippen LogP contribution >= 0.6 is 11.3 Å². The fourth-order valence-corrected chi connectivity index (χ4v) is 5.03. The summed E-state index contributed by atoms with van der Waals surface area (Å²) in [5.74, 6) is 0.961. The zero-order chi connectivity index (χ0) is 19.8. The Morgan fingerprint density at radius 2 is 1.97 bits per heavy atom. The Morgan fingerprint density at radius 1 is 1.14 bits per heavy atom. The smallest absolute Gasteiger partial charge is 0.185 e. The number of nitrogens with two attached hydrogens (primary N) is 1. The van der Waals surface area contributed by atoms with E-state index in [0.717, 1.165) is 55.6 Å². The Hall–Kier alpha value is -2.57. The van der Waals surface area contributed by atoms with Crippen LogP contribution in [0.25, 0.3) is 0 Å². The number of nitrogens with zero attached hydrogens (tertiary/aromatic N) is 3. The first kappa shape index (κ1) is 18.5. The molecule has 0 unspecified atom stereocenters. The highest BCUT2D eigenvalue weighted by atomic mass is 32.1. The molecule has 0 bridgehead atoms. The van der Waals surface area contributed by atoms with Gasteiger partial charge in [-0.25, -0.2) is 4.98 Å². The van der Waals surface area contributed by atoms with Crippen LogP contribution in [0.2, 0.25) is 0 Å². The Bertz CT molecular complexity index is 994. The van der Waals surface area contributed by atoms with E-state index in [1.165, 1.54) is 21.6 Å². The maximum Gasteiger partial charge on any atom is 0.185 e. The molecule has 2 N–H and O–H groups in total. The summed E-state index contributed by atoms with van der Waals surface area (Å²) in [5, 5.41) is 1.10. The number of hydrogen-bond donors (Lipinski definition) is 1. The Balaban J connectivity index is 1.21. The molecule has 1 aromatic heterocycles. The van der Waals surface area contributed by atoms with Crippen LogP contribution in [0.15, 0.2) is 48.7 Å². The van der Waals surface area contributed by atoms with Crippen molar-refractivity contribution in [2.45, 2.75) is 25.5 Å². The number of aromatic nitrogens is 1. The number of anilines is 2. The van der Waals surface area contributed by atoms with E-state index < -0.39 is 0 Å². The Labute approximate surface area is 175 Å². The van der Waals surface area contributed by atoms with Crippen molar-refractivity contribution < 1.29 is 4.74 Å². The first-order valence-electron chi connectivity index (χ1n) is 10.1. The molecule has 1 fully saturated rings.